The minimum Gasteiger partial charge on any atom is -0.388 e. The van der Waals surface area contributed by atoms with E-state index < -0.39 is 0 Å². The fourth-order valence-corrected chi connectivity index (χ4v) is 0.669. The van der Waals surface area contributed by atoms with Crippen molar-refractivity contribution in [1.82, 2.24) is 9.55 Å². The van der Waals surface area contributed by atoms with E-state index in [1.165, 1.54) is 0 Å². The number of nitrogens with zero attached hydrogens (tertiary/aromatic N) is 2. The van der Waals surface area contributed by atoms with Crippen molar-refractivity contribution in [2.45, 2.75) is 13.0 Å². The summed E-state index contributed by atoms with van der Waals surface area (Å²) in [7, 11) is 0. The van der Waals surface area contributed by atoms with Crippen LogP contribution in [0.4, 0.5) is 0 Å². The summed E-state index contributed by atoms with van der Waals surface area (Å²) >= 11 is 0. The van der Waals surface area contributed by atoms with Crippen LogP contribution < -0.4 is 5.73 Å². The third-order valence-corrected chi connectivity index (χ3v) is 1.20. The highest BCUT2D eigenvalue weighted by molar-refractivity contribution is 5.85. The molecule has 1 rings (SSSR count). The van der Waals surface area contributed by atoms with Crippen LogP contribution in [0.3, 0.4) is 0 Å². The second-order valence-corrected chi connectivity index (χ2v) is 2.08. The van der Waals surface area contributed by atoms with Crippen LogP contribution in [-0.2, 0) is 6.54 Å². The molecule has 0 aliphatic carbocycles. The lowest BCUT2D eigenvalue weighted by atomic mass is 10.4. The lowest BCUT2D eigenvalue weighted by Crippen LogP contribution is -2.12. The first-order chi connectivity index (χ1) is 4.79. The van der Waals surface area contributed by atoms with E-state index in [0.29, 0.717) is 6.42 Å². The van der Waals surface area contributed by atoms with Gasteiger partial charge in [0.2, 0.25) is 0 Å². The number of aromatic nitrogens is 2. The Labute approximate surface area is 71.3 Å². The SMILES string of the molecule is Cl.N=C(N)CCn1ccnc1. The molecule has 11 heavy (non-hydrogen) atoms. The van der Waals surface area contributed by atoms with Crippen LogP contribution in [0.1, 0.15) is 6.42 Å². The Bertz CT molecular complexity index is 206. The van der Waals surface area contributed by atoms with E-state index in [1.54, 1.807) is 12.5 Å². The van der Waals surface area contributed by atoms with Crippen LogP contribution in [0, 0.1) is 5.41 Å². The summed E-state index contributed by atoms with van der Waals surface area (Å²) < 4.78 is 1.89. The van der Waals surface area contributed by atoms with Crippen molar-refractivity contribution in [2.24, 2.45) is 5.73 Å². The average Bonchev–Trinajstić information content (AvgIpc) is 2.34. The molecule has 0 amide bonds. The normalized spacial score (nSPS) is 8.73. The molecule has 0 saturated carbocycles. The molecule has 0 aliphatic rings. The molecule has 0 fully saturated rings. The van der Waals surface area contributed by atoms with Gasteiger partial charge in [0.1, 0.15) is 0 Å². The Hall–Kier alpha value is -1.03. The number of imidazole rings is 1. The van der Waals surface area contributed by atoms with Crippen LogP contribution in [0.2, 0.25) is 0 Å². The zero-order chi connectivity index (χ0) is 7.40. The molecule has 0 atom stereocenters. The lowest BCUT2D eigenvalue weighted by Gasteiger charge is -1.98. The smallest absolute Gasteiger partial charge is 0.0946 e. The first kappa shape index (κ1) is 9.97. The Morgan fingerprint density at radius 2 is 2.36 bits per heavy atom. The Morgan fingerprint density at radius 1 is 1.64 bits per heavy atom. The van der Waals surface area contributed by atoms with Gasteiger partial charge in [-0.25, -0.2) is 4.98 Å². The second kappa shape index (κ2) is 4.73. The third kappa shape index (κ3) is 3.62. The van der Waals surface area contributed by atoms with Crippen molar-refractivity contribution in [1.29, 1.82) is 5.41 Å². The monoisotopic (exact) mass is 174 g/mol. The molecule has 0 unspecified atom stereocenters. The van der Waals surface area contributed by atoms with Crippen molar-refractivity contribution >= 4 is 18.2 Å². The minimum atomic E-state index is 0. The molecule has 1 aromatic rings. The summed E-state index contributed by atoms with van der Waals surface area (Å²) in [5.74, 6) is 0.216. The molecule has 0 bridgehead atoms. The molecule has 4 nitrogen and oxygen atoms in total. The van der Waals surface area contributed by atoms with Gasteiger partial charge < -0.3 is 10.3 Å². The molecule has 0 saturated heterocycles. The van der Waals surface area contributed by atoms with E-state index in [9.17, 15) is 0 Å². The summed E-state index contributed by atoms with van der Waals surface area (Å²) in [4.78, 5) is 3.85. The van der Waals surface area contributed by atoms with E-state index in [4.69, 9.17) is 11.1 Å². The van der Waals surface area contributed by atoms with Gasteiger partial charge >= 0.3 is 0 Å². The number of hydrogen-bond donors (Lipinski definition) is 2. The van der Waals surface area contributed by atoms with Gasteiger partial charge in [-0.2, -0.15) is 0 Å². The van der Waals surface area contributed by atoms with Gasteiger partial charge in [0.25, 0.3) is 0 Å². The predicted octanol–water partition coefficient (Wildman–Crippen LogP) is 0.631. The van der Waals surface area contributed by atoms with Gasteiger partial charge in [-0.05, 0) is 0 Å². The summed E-state index contributed by atoms with van der Waals surface area (Å²) in [6.45, 7) is 0.745. The van der Waals surface area contributed by atoms with Gasteiger partial charge in [0.15, 0.2) is 0 Å². The van der Waals surface area contributed by atoms with Crippen molar-refractivity contribution in [3.8, 4) is 0 Å². The van der Waals surface area contributed by atoms with Crippen molar-refractivity contribution < 1.29 is 0 Å². The molecular weight excluding hydrogens is 164 g/mol. The number of halogens is 1. The highest BCUT2D eigenvalue weighted by Crippen LogP contribution is 1.88. The maximum absolute atomic E-state index is 6.94. The maximum Gasteiger partial charge on any atom is 0.0946 e. The van der Waals surface area contributed by atoms with Crippen LogP contribution in [0.5, 0.6) is 0 Å². The third-order valence-electron chi connectivity index (χ3n) is 1.20. The number of nitrogens with one attached hydrogen (secondary N) is 1. The first-order valence-electron chi connectivity index (χ1n) is 3.07. The second-order valence-electron chi connectivity index (χ2n) is 2.08. The number of aryl methyl sites for hydroxylation is 1. The van der Waals surface area contributed by atoms with Gasteiger partial charge in [-0.15, -0.1) is 12.4 Å². The standard InChI is InChI=1S/C6H10N4.ClH/c7-6(8)1-3-10-4-2-9-5-10;/h2,4-5H,1,3H2,(H3,7,8);1H. The molecule has 0 aliphatic heterocycles. The van der Waals surface area contributed by atoms with E-state index in [0.717, 1.165) is 6.54 Å². The highest BCUT2D eigenvalue weighted by Gasteiger charge is 1.90. The van der Waals surface area contributed by atoms with Crippen LogP contribution in [0.25, 0.3) is 0 Å². The Balaban J connectivity index is 0.000001000. The fourth-order valence-electron chi connectivity index (χ4n) is 0.669. The summed E-state index contributed by atoms with van der Waals surface area (Å²) in [6, 6.07) is 0. The number of nitrogens with two attached hydrogens (primary N) is 1. The van der Waals surface area contributed by atoms with Crippen LogP contribution >= 0.6 is 12.4 Å². The quantitative estimate of drug-likeness (QED) is 0.522. The zero-order valence-electron chi connectivity index (χ0n) is 6.03. The molecule has 1 heterocycles. The molecule has 1 aromatic heterocycles. The molecule has 62 valence electrons. The zero-order valence-corrected chi connectivity index (χ0v) is 6.84. The van der Waals surface area contributed by atoms with Crippen LogP contribution in [-0.4, -0.2) is 15.4 Å². The molecule has 0 radical (unpaired) electrons. The molecule has 0 spiro atoms. The predicted molar refractivity (Wildman–Crippen MR) is 46.0 cm³/mol. The number of rotatable bonds is 3. The molecule has 3 N–H and O–H groups in total. The first-order valence-corrected chi connectivity index (χ1v) is 3.07. The van der Waals surface area contributed by atoms with Crippen LogP contribution in [0.15, 0.2) is 18.7 Å². The van der Waals surface area contributed by atoms with Crippen molar-refractivity contribution in [3.63, 3.8) is 0 Å². The van der Waals surface area contributed by atoms with E-state index >= 15 is 0 Å². The van der Waals surface area contributed by atoms with E-state index in [1.807, 2.05) is 10.8 Å². The summed E-state index contributed by atoms with van der Waals surface area (Å²) in [5, 5.41) is 6.94. The molecule has 0 aromatic carbocycles. The fraction of sp³-hybridized carbons (Fsp3) is 0.333. The van der Waals surface area contributed by atoms with Gasteiger partial charge in [-0.1, -0.05) is 0 Å². The van der Waals surface area contributed by atoms with Crippen molar-refractivity contribution in [3.05, 3.63) is 18.7 Å². The highest BCUT2D eigenvalue weighted by atomic mass is 35.5. The Morgan fingerprint density at radius 3 is 2.82 bits per heavy atom. The van der Waals surface area contributed by atoms with Gasteiger partial charge in [0, 0.05) is 25.4 Å². The summed E-state index contributed by atoms with van der Waals surface area (Å²) in [6.07, 6.45) is 5.86. The number of amidine groups is 1. The topological polar surface area (TPSA) is 67.7 Å². The van der Waals surface area contributed by atoms with E-state index in [-0.39, 0.29) is 18.2 Å². The Kier molecular flexibility index (Phi) is 4.29. The maximum atomic E-state index is 6.94. The minimum absolute atomic E-state index is 0. The lowest BCUT2D eigenvalue weighted by molar-refractivity contribution is 0.720. The van der Waals surface area contributed by atoms with E-state index in [2.05, 4.69) is 4.98 Å². The largest absolute Gasteiger partial charge is 0.388 e. The molecular formula is C6H11ClN4. The van der Waals surface area contributed by atoms with Crippen molar-refractivity contribution in [2.75, 3.05) is 0 Å². The number of hydrogen-bond acceptors (Lipinski definition) is 2. The molecule has 5 heteroatoms. The van der Waals surface area contributed by atoms with Gasteiger partial charge in [-0.3, -0.25) is 5.41 Å². The average molecular weight is 175 g/mol. The van der Waals surface area contributed by atoms with Gasteiger partial charge in [0.05, 0.1) is 12.2 Å². The summed E-state index contributed by atoms with van der Waals surface area (Å²) in [5.41, 5.74) is 5.16.